The van der Waals surface area contributed by atoms with Crippen LogP contribution in [0.25, 0.3) is 0 Å². The van der Waals surface area contributed by atoms with Crippen molar-refractivity contribution >= 4 is 5.91 Å². The van der Waals surface area contributed by atoms with Crippen LogP contribution >= 0.6 is 0 Å². The zero-order valence-corrected chi connectivity index (χ0v) is 55.7. The molecular weight excluding hydrogens is 1110 g/mol. The molecule has 2 aliphatic heterocycles. The summed E-state index contributed by atoms with van der Waals surface area (Å²) in [6.07, 6.45) is 62.4. The molecule has 0 spiro atoms. The third-order valence-electron chi connectivity index (χ3n) is 17.4. The van der Waals surface area contributed by atoms with Gasteiger partial charge in [-0.2, -0.15) is 0 Å². The van der Waals surface area contributed by atoms with Gasteiger partial charge in [0.15, 0.2) is 12.6 Å². The zero-order valence-electron chi connectivity index (χ0n) is 55.7. The summed E-state index contributed by atoms with van der Waals surface area (Å²) in [5.74, 6) is -0.239. The Kier molecular flexibility index (Phi) is 54.0. The molecule has 1 amide bonds. The molecule has 0 aromatic rings. The number of ether oxygens (including phenoxy) is 4. The average molecular weight is 1240 g/mol. The Morgan fingerprint density at radius 2 is 0.784 bits per heavy atom. The van der Waals surface area contributed by atoms with Gasteiger partial charge in [-0.15, -0.1) is 0 Å². The standard InChI is InChI=1S/C74H133NO13/c1-3-5-7-9-11-13-15-17-19-21-23-25-27-29-30-31-32-34-36-38-40-42-44-46-48-50-52-54-56-58-66(79)75-62(61-85-73-71(84)69(82)72(65(60-77)87-73)88-74-70(83)68(81)67(80)64(59-76)86-74)63(78)57-55-53-51-49-47-45-43-41-39-37-35-33-28-26-24-22-20-18-16-14-12-10-8-6-4-2/h5,7,11,13,17,19,23,25,29-30,55,57,62-65,67-74,76-78,80-84H,3-4,6,8-10,12,14-16,18,20-22,24,26-28,31-54,56,58-61H2,1-2H3,(H,75,79)/b7-5-,13-11-,19-17-,25-23-,30-29-,57-55+. The molecule has 2 rings (SSSR count). The summed E-state index contributed by atoms with van der Waals surface area (Å²) >= 11 is 0. The lowest BCUT2D eigenvalue weighted by atomic mass is 9.97. The molecule has 0 radical (unpaired) electrons. The van der Waals surface area contributed by atoms with Crippen molar-refractivity contribution in [2.45, 2.75) is 370 Å². The van der Waals surface area contributed by atoms with Crippen LogP contribution < -0.4 is 5.32 Å². The van der Waals surface area contributed by atoms with Gasteiger partial charge in [0.25, 0.3) is 0 Å². The van der Waals surface area contributed by atoms with Crippen molar-refractivity contribution in [2.24, 2.45) is 0 Å². The summed E-state index contributed by atoms with van der Waals surface area (Å²) < 4.78 is 22.9. The van der Waals surface area contributed by atoms with E-state index in [2.05, 4.69) is 79.9 Å². The first kappa shape index (κ1) is 81.5. The van der Waals surface area contributed by atoms with Crippen molar-refractivity contribution in [1.82, 2.24) is 5.32 Å². The number of allylic oxidation sites excluding steroid dienone is 11. The van der Waals surface area contributed by atoms with E-state index in [4.69, 9.17) is 18.9 Å². The number of carbonyl (C=O) groups is 1. The van der Waals surface area contributed by atoms with Gasteiger partial charge < -0.3 is 65.1 Å². The molecule has 0 aromatic heterocycles. The number of aliphatic hydroxyl groups is 8. The number of nitrogens with one attached hydrogen (secondary N) is 1. The number of rotatable bonds is 59. The predicted octanol–water partition coefficient (Wildman–Crippen LogP) is 15.0. The van der Waals surface area contributed by atoms with Gasteiger partial charge >= 0.3 is 0 Å². The van der Waals surface area contributed by atoms with Crippen molar-refractivity contribution in [1.29, 1.82) is 0 Å². The molecule has 14 heteroatoms. The first-order valence-corrected chi connectivity index (χ1v) is 36.2. The van der Waals surface area contributed by atoms with Gasteiger partial charge in [-0.1, -0.05) is 299 Å². The highest BCUT2D eigenvalue weighted by Crippen LogP contribution is 2.30. The number of carbonyl (C=O) groups excluding carboxylic acids is 1. The van der Waals surface area contributed by atoms with Crippen LogP contribution in [0.5, 0.6) is 0 Å². The van der Waals surface area contributed by atoms with Crippen LogP contribution in [-0.2, 0) is 23.7 Å². The van der Waals surface area contributed by atoms with Crippen molar-refractivity contribution < 1.29 is 64.6 Å². The van der Waals surface area contributed by atoms with E-state index in [1.807, 2.05) is 6.08 Å². The van der Waals surface area contributed by atoms with E-state index in [1.165, 1.54) is 193 Å². The van der Waals surface area contributed by atoms with Crippen LogP contribution in [0.2, 0.25) is 0 Å². The summed E-state index contributed by atoms with van der Waals surface area (Å²) in [6, 6.07) is -0.920. The minimum Gasteiger partial charge on any atom is -0.394 e. The maximum absolute atomic E-state index is 13.3. The van der Waals surface area contributed by atoms with Crippen LogP contribution in [0.4, 0.5) is 0 Å². The van der Waals surface area contributed by atoms with E-state index in [9.17, 15) is 45.6 Å². The summed E-state index contributed by atoms with van der Waals surface area (Å²) in [6.45, 7) is 2.72. The Labute approximate surface area is 536 Å². The summed E-state index contributed by atoms with van der Waals surface area (Å²) in [4.78, 5) is 13.3. The molecule has 0 aliphatic carbocycles. The highest BCUT2D eigenvalue weighted by atomic mass is 16.7. The summed E-state index contributed by atoms with van der Waals surface area (Å²) in [7, 11) is 0. The van der Waals surface area contributed by atoms with Crippen molar-refractivity contribution in [3.63, 3.8) is 0 Å². The molecule has 0 aromatic carbocycles. The fraction of sp³-hybridized carbons (Fsp3) is 0.824. The predicted molar refractivity (Wildman–Crippen MR) is 360 cm³/mol. The first-order valence-electron chi connectivity index (χ1n) is 36.2. The molecule has 12 atom stereocenters. The quantitative estimate of drug-likeness (QED) is 0.0204. The zero-order chi connectivity index (χ0) is 63.8. The Balaban J connectivity index is 1.67. The minimum atomic E-state index is -1.79. The van der Waals surface area contributed by atoms with Crippen molar-refractivity contribution in [2.75, 3.05) is 19.8 Å². The molecule has 12 unspecified atom stereocenters. The SMILES string of the molecule is CC/C=C\C/C=C\C/C=C\C/C=C\C/C=C\CCCCCCCCCCCCCCCC(=O)NC(COC1OC(CO)C(OC2OC(CO)C(O)C(O)C2O)C(O)C1O)C(O)/C=C/CCCCCCCCCCCCCCCCCCCCCCCCC. The average Bonchev–Trinajstić information content (AvgIpc) is 2.07. The molecule has 14 nitrogen and oxygen atoms in total. The molecule has 88 heavy (non-hydrogen) atoms. The third kappa shape index (κ3) is 41.8. The Morgan fingerprint density at radius 1 is 0.420 bits per heavy atom. The van der Waals surface area contributed by atoms with Crippen LogP contribution in [-0.4, -0.2) is 140 Å². The summed E-state index contributed by atoms with van der Waals surface area (Å²) in [5.41, 5.74) is 0. The lowest BCUT2D eigenvalue weighted by Crippen LogP contribution is -2.65. The van der Waals surface area contributed by atoms with Gasteiger partial charge in [0.05, 0.1) is 32.0 Å². The van der Waals surface area contributed by atoms with Crippen LogP contribution in [0.3, 0.4) is 0 Å². The fourth-order valence-corrected chi connectivity index (χ4v) is 11.7. The Hall–Kier alpha value is -2.57. The van der Waals surface area contributed by atoms with Gasteiger partial charge in [-0.05, 0) is 64.2 Å². The number of hydrogen-bond acceptors (Lipinski definition) is 13. The van der Waals surface area contributed by atoms with Gasteiger partial charge in [0.1, 0.15) is 48.8 Å². The number of aliphatic hydroxyl groups excluding tert-OH is 8. The Morgan fingerprint density at radius 3 is 1.20 bits per heavy atom. The van der Waals surface area contributed by atoms with Gasteiger partial charge in [0.2, 0.25) is 5.91 Å². The molecule has 0 saturated carbocycles. The lowest BCUT2D eigenvalue weighted by molar-refractivity contribution is -0.359. The molecular formula is C74H133NO13. The normalized spacial score (nSPS) is 23.6. The number of unbranched alkanes of at least 4 members (excludes halogenated alkanes) is 36. The van der Waals surface area contributed by atoms with Crippen LogP contribution in [0.1, 0.15) is 296 Å². The highest BCUT2D eigenvalue weighted by Gasteiger charge is 2.51. The van der Waals surface area contributed by atoms with E-state index in [0.29, 0.717) is 6.42 Å². The highest BCUT2D eigenvalue weighted by molar-refractivity contribution is 5.76. The second-order valence-electron chi connectivity index (χ2n) is 25.3. The lowest BCUT2D eigenvalue weighted by Gasteiger charge is -2.46. The maximum Gasteiger partial charge on any atom is 0.220 e. The molecule has 2 aliphatic rings. The molecule has 0 bridgehead atoms. The summed E-state index contributed by atoms with van der Waals surface area (Å²) in [5, 5.41) is 87.5. The molecule has 2 heterocycles. The van der Waals surface area contributed by atoms with E-state index in [1.54, 1.807) is 6.08 Å². The second-order valence-corrected chi connectivity index (χ2v) is 25.3. The Bertz CT molecular complexity index is 1750. The van der Waals surface area contributed by atoms with E-state index in [0.717, 1.165) is 77.0 Å². The molecule has 2 saturated heterocycles. The largest absolute Gasteiger partial charge is 0.394 e. The first-order chi connectivity index (χ1) is 43.1. The smallest absolute Gasteiger partial charge is 0.220 e. The molecule has 512 valence electrons. The van der Waals surface area contributed by atoms with Gasteiger partial charge in [0, 0.05) is 6.42 Å². The molecule has 9 N–H and O–H groups in total. The van der Waals surface area contributed by atoms with Crippen LogP contribution in [0, 0.1) is 0 Å². The number of amides is 1. The van der Waals surface area contributed by atoms with Gasteiger partial charge in [-0.25, -0.2) is 0 Å². The molecule has 2 fully saturated rings. The topological polar surface area (TPSA) is 228 Å². The third-order valence-corrected chi connectivity index (χ3v) is 17.4. The van der Waals surface area contributed by atoms with Crippen molar-refractivity contribution in [3.05, 3.63) is 72.9 Å². The van der Waals surface area contributed by atoms with E-state index >= 15 is 0 Å². The van der Waals surface area contributed by atoms with Crippen molar-refractivity contribution in [3.8, 4) is 0 Å². The minimum absolute atomic E-state index is 0.239. The van der Waals surface area contributed by atoms with Gasteiger partial charge in [-0.3, -0.25) is 4.79 Å². The van der Waals surface area contributed by atoms with E-state index < -0.39 is 86.8 Å². The monoisotopic (exact) mass is 1240 g/mol. The number of hydrogen-bond donors (Lipinski definition) is 9. The van der Waals surface area contributed by atoms with Crippen LogP contribution in [0.15, 0.2) is 72.9 Å². The maximum atomic E-state index is 13.3. The second kappa shape index (κ2) is 58.3. The van der Waals surface area contributed by atoms with E-state index in [-0.39, 0.29) is 18.9 Å². The fourth-order valence-electron chi connectivity index (χ4n) is 11.7.